The van der Waals surface area contributed by atoms with Crippen LogP contribution in [0.3, 0.4) is 0 Å². The van der Waals surface area contributed by atoms with Crippen LogP contribution >= 0.6 is 22.7 Å². The molecule has 0 aliphatic carbocycles. The number of carbonyl (C=O) groups is 1. The Morgan fingerprint density at radius 2 is 2.14 bits per heavy atom. The van der Waals surface area contributed by atoms with Crippen molar-refractivity contribution in [2.75, 3.05) is 18.4 Å². The number of thiophene rings is 2. The van der Waals surface area contributed by atoms with Gasteiger partial charge in [-0.3, -0.25) is 14.9 Å². The van der Waals surface area contributed by atoms with Gasteiger partial charge in [-0.2, -0.15) is 0 Å². The molecule has 3 heterocycles. The fourth-order valence-electron chi connectivity index (χ4n) is 3.61. The zero-order valence-corrected chi connectivity index (χ0v) is 16.9. The molecule has 1 N–H and O–H groups in total. The lowest BCUT2D eigenvalue weighted by Crippen LogP contribution is -2.39. The van der Waals surface area contributed by atoms with Crippen molar-refractivity contribution in [2.24, 2.45) is 0 Å². The van der Waals surface area contributed by atoms with Crippen LogP contribution in [0.2, 0.25) is 0 Å². The third-order valence-electron chi connectivity index (χ3n) is 4.85. The maximum atomic E-state index is 13.4. The van der Waals surface area contributed by atoms with Crippen LogP contribution < -0.4 is 5.32 Å². The van der Waals surface area contributed by atoms with E-state index in [1.165, 1.54) is 10.9 Å². The number of nitrogens with one attached hydrogen (secondary N) is 1. The monoisotopic (exact) mass is 413 g/mol. The van der Waals surface area contributed by atoms with E-state index < -0.39 is 4.92 Å². The van der Waals surface area contributed by atoms with Crippen LogP contribution in [-0.4, -0.2) is 28.8 Å². The molecule has 1 amide bonds. The molecule has 1 aromatic carbocycles. The number of nitro benzene ring substituents is 1. The van der Waals surface area contributed by atoms with Gasteiger partial charge in [0.25, 0.3) is 11.6 Å². The summed E-state index contributed by atoms with van der Waals surface area (Å²) in [5, 5.41) is 18.5. The van der Waals surface area contributed by atoms with E-state index in [2.05, 4.69) is 16.8 Å². The van der Waals surface area contributed by atoms with Gasteiger partial charge in [-0.25, -0.2) is 0 Å². The highest BCUT2D eigenvalue weighted by Crippen LogP contribution is 2.40. The number of nitro groups is 1. The molecule has 0 saturated carbocycles. The molecule has 144 valence electrons. The second-order valence-electron chi connectivity index (χ2n) is 6.48. The third-order valence-corrected chi connectivity index (χ3v) is 6.77. The van der Waals surface area contributed by atoms with E-state index in [0.29, 0.717) is 24.3 Å². The second kappa shape index (κ2) is 7.73. The normalized spacial score (nSPS) is 15.9. The molecule has 0 spiro atoms. The molecule has 3 aromatic rings. The van der Waals surface area contributed by atoms with Gasteiger partial charge in [-0.1, -0.05) is 6.07 Å². The number of hydrogen-bond donors (Lipinski definition) is 1. The average Bonchev–Trinajstić information content (AvgIpc) is 3.38. The minimum atomic E-state index is -0.446. The molecule has 0 saturated heterocycles. The molecule has 0 radical (unpaired) electrons. The Kier molecular flexibility index (Phi) is 5.15. The summed E-state index contributed by atoms with van der Waals surface area (Å²) in [4.78, 5) is 28.6. The molecule has 28 heavy (non-hydrogen) atoms. The molecule has 1 aliphatic heterocycles. The Hall–Kier alpha value is -2.71. The fraction of sp³-hybridized carbons (Fsp3) is 0.250. The van der Waals surface area contributed by atoms with E-state index in [1.807, 2.05) is 29.3 Å². The van der Waals surface area contributed by atoms with E-state index in [9.17, 15) is 14.9 Å². The van der Waals surface area contributed by atoms with Crippen LogP contribution in [0.4, 0.5) is 11.4 Å². The predicted molar refractivity (Wildman–Crippen MR) is 112 cm³/mol. The van der Waals surface area contributed by atoms with Gasteiger partial charge in [-0.15, -0.1) is 22.7 Å². The van der Waals surface area contributed by atoms with E-state index in [4.69, 9.17) is 0 Å². The van der Waals surface area contributed by atoms with Gasteiger partial charge in [0.1, 0.15) is 5.69 Å². The summed E-state index contributed by atoms with van der Waals surface area (Å²) in [6.07, 6.45) is 0.804. The molecule has 0 bridgehead atoms. The van der Waals surface area contributed by atoms with Crippen molar-refractivity contribution in [3.05, 3.63) is 78.2 Å². The summed E-state index contributed by atoms with van der Waals surface area (Å²) in [5.41, 5.74) is 1.85. The average molecular weight is 414 g/mol. The Labute approximate surface area is 170 Å². The van der Waals surface area contributed by atoms with Gasteiger partial charge < -0.3 is 10.2 Å². The molecule has 4 rings (SSSR count). The molecular formula is C20H19N3O3S2. The number of benzene rings is 1. The number of hydrogen-bond acceptors (Lipinski definition) is 6. The molecule has 1 atom stereocenters. The van der Waals surface area contributed by atoms with Crippen molar-refractivity contribution in [3.63, 3.8) is 0 Å². The number of carbonyl (C=O) groups excluding carboxylic acids is 1. The third kappa shape index (κ3) is 3.29. The number of rotatable bonds is 5. The van der Waals surface area contributed by atoms with E-state index >= 15 is 0 Å². The lowest BCUT2D eigenvalue weighted by atomic mass is 9.97. The Balaban J connectivity index is 1.73. The van der Waals surface area contributed by atoms with Crippen molar-refractivity contribution in [1.82, 2.24) is 4.90 Å². The molecule has 8 heteroatoms. The van der Waals surface area contributed by atoms with E-state index in [1.54, 1.807) is 34.8 Å². The summed E-state index contributed by atoms with van der Waals surface area (Å²) < 4.78 is 0. The van der Waals surface area contributed by atoms with Gasteiger partial charge in [0.15, 0.2) is 0 Å². The van der Waals surface area contributed by atoms with Crippen molar-refractivity contribution in [3.8, 4) is 0 Å². The number of nitrogens with zero attached hydrogens (tertiary/aromatic N) is 2. The standard InChI is InChI=1S/C20H19N3O3S2/c1-2-21-15-6-5-13(12-16(15)23(25)26)20(24)22-9-7-17-14(8-11-28-17)19(22)18-4-3-10-27-18/h3-6,8,10-12,19,21H,2,7,9H2,1H3/t19-/m0/s1. The Bertz CT molecular complexity index is 1010. The van der Waals surface area contributed by atoms with Crippen LogP contribution in [0.5, 0.6) is 0 Å². The van der Waals surface area contributed by atoms with Gasteiger partial charge in [0.2, 0.25) is 0 Å². The minimum Gasteiger partial charge on any atom is -0.380 e. The first-order chi connectivity index (χ1) is 13.6. The zero-order valence-electron chi connectivity index (χ0n) is 15.3. The number of anilines is 1. The fourth-order valence-corrected chi connectivity index (χ4v) is 5.37. The minimum absolute atomic E-state index is 0.0754. The SMILES string of the molecule is CCNc1ccc(C(=O)N2CCc3sccc3[C@H]2c2cccs2)cc1[N+](=O)[O-]. The maximum Gasteiger partial charge on any atom is 0.293 e. The number of fused-ring (bicyclic) bond motifs is 1. The van der Waals surface area contributed by atoms with Gasteiger partial charge in [0.05, 0.1) is 11.0 Å². The van der Waals surface area contributed by atoms with E-state index in [-0.39, 0.29) is 17.6 Å². The van der Waals surface area contributed by atoms with Crippen molar-refractivity contribution >= 4 is 40.0 Å². The quantitative estimate of drug-likeness (QED) is 0.475. The van der Waals surface area contributed by atoms with Crippen LogP contribution in [0.25, 0.3) is 0 Å². The van der Waals surface area contributed by atoms with Crippen LogP contribution in [0.15, 0.2) is 47.2 Å². The zero-order chi connectivity index (χ0) is 19.7. The first kappa shape index (κ1) is 18.6. The number of amides is 1. The van der Waals surface area contributed by atoms with Crippen LogP contribution in [0.1, 0.15) is 38.6 Å². The molecular weight excluding hydrogens is 394 g/mol. The topological polar surface area (TPSA) is 75.5 Å². The second-order valence-corrected chi connectivity index (χ2v) is 8.46. The van der Waals surface area contributed by atoms with Crippen molar-refractivity contribution in [2.45, 2.75) is 19.4 Å². The summed E-state index contributed by atoms with van der Waals surface area (Å²) in [6.45, 7) is 3.04. The lowest BCUT2D eigenvalue weighted by Gasteiger charge is -2.35. The highest BCUT2D eigenvalue weighted by Gasteiger charge is 2.34. The summed E-state index contributed by atoms with van der Waals surface area (Å²) in [5.74, 6) is -0.179. The Morgan fingerprint density at radius 3 is 2.86 bits per heavy atom. The molecule has 6 nitrogen and oxygen atoms in total. The first-order valence-corrected chi connectivity index (χ1v) is 10.8. The van der Waals surface area contributed by atoms with Crippen LogP contribution in [0, 0.1) is 10.1 Å². The smallest absolute Gasteiger partial charge is 0.293 e. The van der Waals surface area contributed by atoms with Gasteiger partial charge in [-0.05, 0) is 53.9 Å². The summed E-state index contributed by atoms with van der Waals surface area (Å²) in [6, 6.07) is 10.6. The Morgan fingerprint density at radius 1 is 1.29 bits per heavy atom. The highest BCUT2D eigenvalue weighted by molar-refractivity contribution is 7.10. The molecule has 1 aliphatic rings. The summed E-state index contributed by atoms with van der Waals surface area (Å²) in [7, 11) is 0. The van der Waals surface area contributed by atoms with E-state index in [0.717, 1.165) is 16.9 Å². The van der Waals surface area contributed by atoms with Gasteiger partial charge >= 0.3 is 0 Å². The lowest BCUT2D eigenvalue weighted by molar-refractivity contribution is -0.384. The highest BCUT2D eigenvalue weighted by atomic mass is 32.1. The first-order valence-electron chi connectivity index (χ1n) is 9.03. The van der Waals surface area contributed by atoms with Crippen molar-refractivity contribution < 1.29 is 9.72 Å². The summed E-state index contributed by atoms with van der Waals surface area (Å²) >= 11 is 3.34. The predicted octanol–water partition coefficient (Wildman–Crippen LogP) is 4.94. The van der Waals surface area contributed by atoms with Crippen molar-refractivity contribution in [1.29, 1.82) is 0 Å². The molecule has 0 unspecified atom stereocenters. The van der Waals surface area contributed by atoms with Crippen LogP contribution in [-0.2, 0) is 6.42 Å². The molecule has 0 fully saturated rings. The maximum absolute atomic E-state index is 13.4. The molecule has 2 aromatic heterocycles. The van der Waals surface area contributed by atoms with Gasteiger partial charge in [0, 0.05) is 34.5 Å². The largest absolute Gasteiger partial charge is 0.380 e.